The second kappa shape index (κ2) is 17.7. The van der Waals surface area contributed by atoms with E-state index in [2.05, 4.69) is 204 Å². The number of benzene rings is 4. The van der Waals surface area contributed by atoms with Gasteiger partial charge in [0, 0.05) is 0 Å². The number of hydrogen-bond donors (Lipinski definition) is 0. The Labute approximate surface area is 412 Å². The van der Waals surface area contributed by atoms with Crippen LogP contribution in [-0.4, -0.2) is 26.5 Å². The Kier molecular flexibility index (Phi) is 14.2. The molecule has 0 aromatic heterocycles. The molecule has 6 rings (SSSR count). The van der Waals surface area contributed by atoms with Gasteiger partial charge in [-0.15, -0.1) is 0 Å². The van der Waals surface area contributed by atoms with E-state index < -0.39 is 26.5 Å². The van der Waals surface area contributed by atoms with E-state index in [1.54, 1.807) is 62.1 Å². The third kappa shape index (κ3) is 8.20. The molecule has 0 spiro atoms. The van der Waals surface area contributed by atoms with E-state index >= 15 is 0 Å². The molecule has 0 bridgehead atoms. The molecule has 0 nitrogen and oxygen atoms in total. The van der Waals surface area contributed by atoms with Gasteiger partial charge in [-0.3, -0.25) is 0 Å². The van der Waals surface area contributed by atoms with Crippen LogP contribution < -0.4 is 17.6 Å². The third-order valence-electron chi connectivity index (χ3n) is 17.3. The van der Waals surface area contributed by atoms with E-state index in [4.69, 9.17) is 0 Å². The van der Waals surface area contributed by atoms with Gasteiger partial charge in [-0.1, -0.05) is 0 Å². The molecule has 4 aromatic carbocycles. The van der Waals surface area contributed by atoms with Gasteiger partial charge in [0.25, 0.3) is 0 Å². The number of aryl methyl sites for hydroxylation is 4. The first-order valence-corrected chi connectivity index (χ1v) is 34.6. The molecule has 0 saturated carbocycles. The summed E-state index contributed by atoms with van der Waals surface area (Å²) in [6, 6.07) is 10.7. The van der Waals surface area contributed by atoms with Crippen LogP contribution in [0, 0.1) is 83.1 Å². The fourth-order valence-corrected chi connectivity index (χ4v) is 48.1. The molecule has 2 heteroatoms. The third-order valence-corrected chi connectivity index (χ3v) is 40.4. The molecular weight excluding hydrogens is 914 g/mol. The predicted molar refractivity (Wildman–Crippen MR) is 301 cm³/mol. The van der Waals surface area contributed by atoms with Crippen LogP contribution in [-0.2, 0) is 21.7 Å². The van der Waals surface area contributed by atoms with Crippen molar-refractivity contribution in [3.8, 4) is 0 Å². The summed E-state index contributed by atoms with van der Waals surface area (Å²) in [6.45, 7) is 64.8. The van der Waals surface area contributed by atoms with Gasteiger partial charge in [0.2, 0.25) is 0 Å². The van der Waals surface area contributed by atoms with E-state index in [0.717, 1.165) is 0 Å². The zero-order valence-electron chi connectivity index (χ0n) is 47.6. The summed E-state index contributed by atoms with van der Waals surface area (Å²) in [4.78, 5) is 0. The van der Waals surface area contributed by atoms with E-state index in [9.17, 15) is 0 Å². The minimum atomic E-state index is -3.71. The number of hydrogen-bond acceptors (Lipinski definition) is 0. The second-order valence-electron chi connectivity index (χ2n) is 25.9. The predicted octanol–water partition coefficient (Wildman–Crippen LogP) is 15.6. The Balaban J connectivity index is 2.01. The van der Waals surface area contributed by atoms with Crippen LogP contribution in [0.1, 0.15) is 224 Å². The summed E-state index contributed by atoms with van der Waals surface area (Å²) in [6.07, 6.45) is 7.37. The topological polar surface area (TPSA) is 0 Å². The molecule has 0 atom stereocenters. The first-order chi connectivity index (χ1) is 30.2. The van der Waals surface area contributed by atoms with Crippen molar-refractivity contribution in [2.45, 2.75) is 240 Å². The Morgan fingerprint density at radius 2 is 0.515 bits per heavy atom. The zero-order chi connectivity index (χ0) is 49.9. The van der Waals surface area contributed by atoms with Crippen molar-refractivity contribution < 1.29 is 0 Å². The van der Waals surface area contributed by atoms with Gasteiger partial charge in [-0.2, -0.15) is 0 Å². The second-order valence-corrected chi connectivity index (χ2v) is 41.0. The SMILES string of the molecule is CCCC[C]1=[C]([C]2=[C](CCCC)[Ge]2([c]2c(C(C)(C)C)cc(C)c(C)c2C)[c]2c(C(C)(C)C)cc(C)c(C)c2C)[Ge]1([c]1c(C(C)(C)C)cc(C)c(C)c1C)[c]1c(C(C)(C)C)cc(C)c(C)c1C. The minimum absolute atomic E-state index is 0.00841. The van der Waals surface area contributed by atoms with E-state index in [1.165, 1.54) is 83.0 Å². The fourth-order valence-electron chi connectivity index (χ4n) is 12.7. The van der Waals surface area contributed by atoms with Gasteiger partial charge in [-0.25, -0.2) is 0 Å². The molecule has 2 heterocycles. The molecule has 0 amide bonds. The van der Waals surface area contributed by atoms with Crippen LogP contribution in [0.25, 0.3) is 0 Å². The van der Waals surface area contributed by atoms with Crippen LogP contribution in [0.2, 0.25) is 0 Å². The summed E-state index contributed by atoms with van der Waals surface area (Å²) in [7, 11) is 0. The summed E-state index contributed by atoms with van der Waals surface area (Å²) in [5.74, 6) is 0. The normalized spacial score (nSPS) is 16.2. The molecule has 4 aromatic rings. The molecule has 0 saturated heterocycles. The van der Waals surface area contributed by atoms with Gasteiger partial charge in [0.1, 0.15) is 0 Å². The van der Waals surface area contributed by atoms with E-state index in [-0.39, 0.29) is 21.7 Å². The summed E-state index contributed by atoms with van der Waals surface area (Å²) in [5, 5.41) is 0. The standard InChI is InChI=1S/C64H94Ge2/c1-27-29-31-53-59(65(53,55-45(11)41(7)37(3)33-49(55)61(15,16)17)56-46(12)42(8)38(4)34-50(56)62(18,19)20)60-54(32-30-28-2)66(60,57-47(13)43(9)39(5)35-51(57)63(21,22)23)58-48(14)44(10)40(6)36-52(58)64(24,25)26/h33-36H,27-32H2,1-26H3. The van der Waals surface area contributed by atoms with Gasteiger partial charge in [0.15, 0.2) is 0 Å². The quantitative estimate of drug-likeness (QED) is 0.131. The van der Waals surface area contributed by atoms with Gasteiger partial charge in [0.05, 0.1) is 0 Å². The zero-order valence-corrected chi connectivity index (χ0v) is 51.7. The maximum atomic E-state index is 2.68. The van der Waals surface area contributed by atoms with Crippen LogP contribution >= 0.6 is 0 Å². The molecule has 66 heavy (non-hydrogen) atoms. The number of rotatable bonds is 11. The Morgan fingerprint density at radius 1 is 0.318 bits per heavy atom. The van der Waals surface area contributed by atoms with Gasteiger partial charge in [-0.05, 0) is 0 Å². The molecule has 0 unspecified atom stereocenters. The molecule has 0 aliphatic carbocycles. The van der Waals surface area contributed by atoms with Crippen LogP contribution in [0.4, 0.5) is 0 Å². The molecule has 358 valence electrons. The van der Waals surface area contributed by atoms with Crippen molar-refractivity contribution in [3.63, 3.8) is 0 Å². The summed E-state index contributed by atoms with van der Waals surface area (Å²) < 4.78 is 14.9. The van der Waals surface area contributed by atoms with Gasteiger partial charge >= 0.3 is 415 Å². The Morgan fingerprint density at radius 3 is 0.682 bits per heavy atom. The van der Waals surface area contributed by atoms with Crippen molar-refractivity contribution >= 4 is 44.1 Å². The first-order valence-electron chi connectivity index (χ1n) is 26.2. The van der Waals surface area contributed by atoms with Gasteiger partial charge < -0.3 is 0 Å². The van der Waals surface area contributed by atoms with Crippen molar-refractivity contribution in [1.29, 1.82) is 0 Å². The average molecular weight is 1010 g/mol. The van der Waals surface area contributed by atoms with Crippen LogP contribution in [0.5, 0.6) is 0 Å². The van der Waals surface area contributed by atoms with Crippen molar-refractivity contribution in [2.24, 2.45) is 0 Å². The average Bonchev–Trinajstić information content (AvgIpc) is 4.05. The van der Waals surface area contributed by atoms with Crippen molar-refractivity contribution in [3.05, 3.63) is 131 Å². The van der Waals surface area contributed by atoms with Crippen LogP contribution in [0.15, 0.2) is 41.9 Å². The Hall–Kier alpha value is -2.55. The number of allylic oxidation sites excluding steroid dienone is 4. The molecule has 2 aliphatic rings. The Bertz CT molecular complexity index is 2350. The fraction of sp³-hybridized carbons (Fsp3) is 0.562. The monoisotopic (exact) mass is 1010 g/mol. The molecule has 0 radical (unpaired) electrons. The molecule has 2 aliphatic heterocycles. The van der Waals surface area contributed by atoms with E-state index in [1.807, 2.05) is 17.6 Å². The van der Waals surface area contributed by atoms with Crippen molar-refractivity contribution in [2.75, 3.05) is 0 Å². The summed E-state index contributed by atoms with van der Waals surface area (Å²) >= 11 is -7.42. The van der Waals surface area contributed by atoms with Crippen molar-refractivity contribution in [1.82, 2.24) is 0 Å². The van der Waals surface area contributed by atoms with Crippen LogP contribution in [0.3, 0.4) is 0 Å². The number of unbranched alkanes of at least 4 members (excludes halogenated alkanes) is 2. The maximum absolute atomic E-state index is 3.71. The summed E-state index contributed by atoms with van der Waals surface area (Å²) in [5.41, 5.74) is 24.6. The molecule has 0 fully saturated rings. The molecule has 0 N–H and O–H groups in total. The first kappa shape index (κ1) is 52.8. The van der Waals surface area contributed by atoms with E-state index in [0.29, 0.717) is 0 Å². The molecular formula is C64H94Ge2.